The molecule has 1 saturated heterocycles. The number of amides is 2. The third-order valence-electron chi connectivity index (χ3n) is 3.28. The molecule has 0 radical (unpaired) electrons. The molecule has 7 heteroatoms. The van der Waals surface area contributed by atoms with Crippen molar-refractivity contribution in [2.45, 2.75) is 24.0 Å². The molecule has 1 aromatic rings. The third-order valence-corrected chi connectivity index (χ3v) is 5.38. The van der Waals surface area contributed by atoms with E-state index in [1.165, 1.54) is 0 Å². The highest BCUT2D eigenvalue weighted by molar-refractivity contribution is 8.01. The van der Waals surface area contributed by atoms with Crippen LogP contribution in [0.1, 0.15) is 24.3 Å². The minimum Gasteiger partial charge on any atom is -0.383 e. The summed E-state index contributed by atoms with van der Waals surface area (Å²) in [5, 5.41) is 6.84. The molecule has 2 atom stereocenters. The van der Waals surface area contributed by atoms with Gasteiger partial charge >= 0.3 is 0 Å². The monoisotopic (exact) mass is 328 g/mol. The zero-order valence-electron chi connectivity index (χ0n) is 12.2. The molecule has 21 heavy (non-hydrogen) atoms. The average molecular weight is 328 g/mol. The number of rotatable bonds is 7. The van der Waals surface area contributed by atoms with Crippen LogP contribution in [-0.4, -0.2) is 48.8 Å². The van der Waals surface area contributed by atoms with Crippen molar-refractivity contribution < 1.29 is 14.3 Å². The summed E-state index contributed by atoms with van der Waals surface area (Å²) in [6, 6.07) is 2.04. The van der Waals surface area contributed by atoms with Gasteiger partial charge in [0, 0.05) is 26.6 Å². The van der Waals surface area contributed by atoms with Gasteiger partial charge in [-0.25, -0.2) is 0 Å². The van der Waals surface area contributed by atoms with Crippen molar-refractivity contribution in [1.29, 1.82) is 0 Å². The maximum atomic E-state index is 12.2. The maximum absolute atomic E-state index is 12.2. The second-order valence-electron chi connectivity index (χ2n) is 4.81. The van der Waals surface area contributed by atoms with Crippen LogP contribution in [-0.2, 0) is 14.3 Å². The maximum Gasteiger partial charge on any atom is 0.236 e. The van der Waals surface area contributed by atoms with Crippen molar-refractivity contribution in [3.63, 3.8) is 0 Å². The zero-order valence-corrected chi connectivity index (χ0v) is 13.8. The van der Waals surface area contributed by atoms with Crippen LogP contribution in [0.5, 0.6) is 0 Å². The smallest absolute Gasteiger partial charge is 0.236 e. The van der Waals surface area contributed by atoms with Gasteiger partial charge < -0.3 is 15.0 Å². The number of ether oxygens (including phenoxy) is 1. The Balaban J connectivity index is 1.90. The fourth-order valence-corrected chi connectivity index (χ4v) is 4.24. The first-order valence-electron chi connectivity index (χ1n) is 6.87. The molecule has 0 spiro atoms. The molecule has 0 aliphatic carbocycles. The van der Waals surface area contributed by atoms with Crippen molar-refractivity contribution in [1.82, 2.24) is 10.2 Å². The van der Waals surface area contributed by atoms with Crippen LogP contribution in [0.25, 0.3) is 0 Å². The number of nitrogens with one attached hydrogen (secondary N) is 1. The molecule has 1 aromatic heterocycles. The van der Waals surface area contributed by atoms with Crippen LogP contribution in [0.3, 0.4) is 0 Å². The lowest BCUT2D eigenvalue weighted by molar-refractivity contribution is -0.130. The molecule has 2 amide bonds. The van der Waals surface area contributed by atoms with E-state index in [1.807, 2.05) is 23.3 Å². The van der Waals surface area contributed by atoms with E-state index in [-0.39, 0.29) is 22.4 Å². The van der Waals surface area contributed by atoms with E-state index in [4.69, 9.17) is 4.74 Å². The van der Waals surface area contributed by atoms with Gasteiger partial charge in [-0.2, -0.15) is 11.3 Å². The second kappa shape index (κ2) is 7.82. The van der Waals surface area contributed by atoms with Crippen LogP contribution in [0.4, 0.5) is 0 Å². The largest absolute Gasteiger partial charge is 0.383 e. The fraction of sp³-hybridized carbons (Fsp3) is 0.571. The summed E-state index contributed by atoms with van der Waals surface area (Å²) in [6.07, 6.45) is 0.323. The first-order valence-corrected chi connectivity index (χ1v) is 8.75. The Morgan fingerprint density at radius 2 is 2.33 bits per heavy atom. The summed E-state index contributed by atoms with van der Waals surface area (Å²) in [5.41, 5.74) is 1.14. The molecule has 0 bridgehead atoms. The Morgan fingerprint density at radius 1 is 1.52 bits per heavy atom. The van der Waals surface area contributed by atoms with Crippen molar-refractivity contribution >= 4 is 34.9 Å². The van der Waals surface area contributed by atoms with E-state index in [9.17, 15) is 9.59 Å². The highest BCUT2D eigenvalue weighted by Crippen LogP contribution is 2.43. The van der Waals surface area contributed by atoms with Crippen LogP contribution in [0, 0.1) is 0 Å². The van der Waals surface area contributed by atoms with Crippen LogP contribution in [0.2, 0.25) is 0 Å². The lowest BCUT2D eigenvalue weighted by Crippen LogP contribution is -2.35. The van der Waals surface area contributed by atoms with Gasteiger partial charge in [0.15, 0.2) is 0 Å². The van der Waals surface area contributed by atoms with Crippen molar-refractivity contribution in [2.24, 2.45) is 0 Å². The molecular weight excluding hydrogens is 308 g/mol. The second-order valence-corrected chi connectivity index (χ2v) is 7.02. The van der Waals surface area contributed by atoms with Gasteiger partial charge in [0.2, 0.25) is 11.8 Å². The SMILES string of the molecule is COCCNC(=O)CCN1C(=O)[C@H](C)S[C@@H]1c1ccsc1. The van der Waals surface area contributed by atoms with Crippen LogP contribution < -0.4 is 5.32 Å². The van der Waals surface area contributed by atoms with Gasteiger partial charge in [-0.15, -0.1) is 11.8 Å². The quantitative estimate of drug-likeness (QED) is 0.776. The van der Waals surface area contributed by atoms with Gasteiger partial charge in [-0.1, -0.05) is 0 Å². The molecule has 0 unspecified atom stereocenters. The lowest BCUT2D eigenvalue weighted by Gasteiger charge is -2.23. The molecule has 2 heterocycles. The molecule has 0 saturated carbocycles. The first kappa shape index (κ1) is 16.3. The molecule has 5 nitrogen and oxygen atoms in total. The molecule has 2 rings (SSSR count). The highest BCUT2D eigenvalue weighted by Gasteiger charge is 2.38. The van der Waals surface area contributed by atoms with E-state index in [0.717, 1.165) is 5.56 Å². The topological polar surface area (TPSA) is 58.6 Å². The predicted octanol–water partition coefficient (Wildman–Crippen LogP) is 1.86. The number of nitrogens with zero attached hydrogens (tertiary/aromatic N) is 1. The summed E-state index contributed by atoms with van der Waals surface area (Å²) in [5.74, 6) is 0.0642. The summed E-state index contributed by atoms with van der Waals surface area (Å²) >= 11 is 3.27. The molecule has 116 valence electrons. The summed E-state index contributed by atoms with van der Waals surface area (Å²) in [7, 11) is 1.60. The normalized spacial score (nSPS) is 21.8. The summed E-state index contributed by atoms with van der Waals surface area (Å²) in [6.45, 7) is 3.38. The summed E-state index contributed by atoms with van der Waals surface area (Å²) in [4.78, 5) is 25.8. The van der Waals surface area contributed by atoms with E-state index < -0.39 is 0 Å². The minimum atomic E-state index is -0.0496. The lowest BCUT2D eigenvalue weighted by atomic mass is 10.2. The Hall–Kier alpha value is -1.05. The van der Waals surface area contributed by atoms with E-state index in [2.05, 4.69) is 10.7 Å². The molecule has 1 aliphatic heterocycles. The molecule has 1 aliphatic rings. The van der Waals surface area contributed by atoms with Crippen LogP contribution >= 0.6 is 23.1 Å². The average Bonchev–Trinajstić information content (AvgIpc) is 3.07. The van der Waals surface area contributed by atoms with Crippen molar-refractivity contribution in [3.8, 4) is 0 Å². The molecule has 1 N–H and O–H groups in total. The van der Waals surface area contributed by atoms with Crippen LogP contribution in [0.15, 0.2) is 16.8 Å². The molecular formula is C14H20N2O3S2. The Morgan fingerprint density at radius 3 is 3.00 bits per heavy atom. The Bertz CT molecular complexity index is 479. The minimum absolute atomic E-state index is 0.0329. The highest BCUT2D eigenvalue weighted by atomic mass is 32.2. The van der Waals surface area contributed by atoms with Gasteiger partial charge in [0.05, 0.1) is 11.9 Å². The van der Waals surface area contributed by atoms with Gasteiger partial charge in [0.25, 0.3) is 0 Å². The third kappa shape index (κ3) is 4.21. The Labute approximate surface area is 133 Å². The Kier molecular flexibility index (Phi) is 6.08. The zero-order chi connectivity index (χ0) is 15.2. The van der Waals surface area contributed by atoms with E-state index in [0.29, 0.717) is 26.1 Å². The number of methoxy groups -OCH3 is 1. The van der Waals surface area contributed by atoms with Gasteiger partial charge in [-0.05, 0) is 29.3 Å². The molecule has 0 aromatic carbocycles. The summed E-state index contributed by atoms with van der Waals surface area (Å²) < 4.78 is 4.89. The van der Waals surface area contributed by atoms with Gasteiger partial charge in [-0.3, -0.25) is 9.59 Å². The standard InChI is InChI=1S/C14H20N2O3S2/c1-10-13(18)16(6-3-12(17)15-5-7-19-2)14(21-10)11-4-8-20-9-11/h4,8-10,14H,3,5-7H2,1-2H3,(H,15,17)/t10-,14+/m0/s1. The number of carbonyl (C=O) groups excluding carboxylic acids is 2. The van der Waals surface area contributed by atoms with E-state index >= 15 is 0 Å². The molecule has 1 fully saturated rings. The number of thioether (sulfide) groups is 1. The number of hydrogen-bond donors (Lipinski definition) is 1. The van der Waals surface area contributed by atoms with E-state index in [1.54, 1.807) is 30.2 Å². The number of hydrogen-bond acceptors (Lipinski definition) is 5. The fourth-order valence-electron chi connectivity index (χ4n) is 2.18. The number of thiophene rings is 1. The first-order chi connectivity index (χ1) is 10.1. The van der Waals surface area contributed by atoms with Crippen molar-refractivity contribution in [3.05, 3.63) is 22.4 Å². The van der Waals surface area contributed by atoms with Crippen molar-refractivity contribution in [2.75, 3.05) is 26.8 Å². The predicted molar refractivity (Wildman–Crippen MR) is 85.3 cm³/mol. The number of carbonyl (C=O) groups is 2. The van der Waals surface area contributed by atoms with Gasteiger partial charge in [0.1, 0.15) is 5.37 Å².